The molecule has 122 valence electrons. The minimum Gasteiger partial charge on any atom is -0.218 e. The number of benzene rings is 2. The van der Waals surface area contributed by atoms with Crippen LogP contribution in [0, 0.1) is 6.92 Å². The van der Waals surface area contributed by atoms with Gasteiger partial charge in [-0.25, -0.2) is 9.67 Å². The Morgan fingerprint density at radius 1 is 1.08 bits per heavy atom. The van der Waals surface area contributed by atoms with Crippen molar-refractivity contribution < 1.29 is 0 Å². The highest BCUT2D eigenvalue weighted by atomic mass is 35.5. The zero-order chi connectivity index (χ0) is 17.0. The largest absolute Gasteiger partial charge is 0.218 e. The number of thiazole rings is 1. The van der Waals surface area contributed by atoms with E-state index in [-0.39, 0.29) is 0 Å². The lowest BCUT2D eigenvalue weighted by molar-refractivity contribution is 0.859. The summed E-state index contributed by atoms with van der Waals surface area (Å²) in [6.07, 6.45) is 0.951. The number of fused-ring (bicyclic) bond motifs is 3. The summed E-state index contributed by atoms with van der Waals surface area (Å²) in [5.41, 5.74) is 8.21. The Balaban J connectivity index is 1.63. The van der Waals surface area contributed by atoms with Crippen LogP contribution in [0.4, 0.5) is 0 Å². The molecule has 0 bridgehead atoms. The van der Waals surface area contributed by atoms with Crippen LogP contribution < -0.4 is 0 Å². The van der Waals surface area contributed by atoms with Crippen molar-refractivity contribution in [3.8, 4) is 27.6 Å². The average Bonchev–Trinajstić information content (AvgIpc) is 3.31. The fourth-order valence-electron chi connectivity index (χ4n) is 3.40. The summed E-state index contributed by atoms with van der Waals surface area (Å²) in [5.74, 6) is 0. The maximum atomic E-state index is 5.98. The molecule has 0 spiro atoms. The van der Waals surface area contributed by atoms with E-state index in [1.165, 1.54) is 22.4 Å². The molecule has 0 unspecified atom stereocenters. The first kappa shape index (κ1) is 14.9. The van der Waals surface area contributed by atoms with Gasteiger partial charge in [-0.05, 0) is 24.6 Å². The van der Waals surface area contributed by atoms with Crippen molar-refractivity contribution in [1.82, 2.24) is 14.8 Å². The van der Waals surface area contributed by atoms with Gasteiger partial charge in [-0.3, -0.25) is 0 Å². The molecule has 5 heteroatoms. The molecule has 0 radical (unpaired) electrons. The second-order valence-corrected chi connectivity index (χ2v) is 7.45. The third-order valence-electron chi connectivity index (χ3n) is 4.64. The van der Waals surface area contributed by atoms with Crippen LogP contribution in [0.1, 0.15) is 16.8 Å². The molecule has 25 heavy (non-hydrogen) atoms. The minimum atomic E-state index is 0.733. The average molecular weight is 364 g/mol. The Kier molecular flexibility index (Phi) is 3.30. The number of halogens is 1. The van der Waals surface area contributed by atoms with Gasteiger partial charge in [-0.15, -0.1) is 11.3 Å². The highest BCUT2D eigenvalue weighted by Gasteiger charge is 2.27. The van der Waals surface area contributed by atoms with Crippen molar-refractivity contribution in [3.05, 3.63) is 75.8 Å². The molecule has 1 aliphatic carbocycles. The monoisotopic (exact) mass is 363 g/mol. The molecule has 0 atom stereocenters. The number of hydrogen-bond donors (Lipinski definition) is 0. The SMILES string of the molecule is Cc1nn(-c2nc(-c3ccc(Cl)cc3)cs2)c2c1Cc1ccccc1-2. The van der Waals surface area contributed by atoms with E-state index in [4.69, 9.17) is 21.7 Å². The van der Waals surface area contributed by atoms with E-state index in [1.54, 1.807) is 11.3 Å². The molecule has 2 aromatic carbocycles. The van der Waals surface area contributed by atoms with E-state index >= 15 is 0 Å². The summed E-state index contributed by atoms with van der Waals surface area (Å²) in [4.78, 5) is 4.82. The van der Waals surface area contributed by atoms with Gasteiger partial charge in [0.2, 0.25) is 5.13 Å². The molecule has 0 saturated carbocycles. The van der Waals surface area contributed by atoms with Gasteiger partial charge in [0.25, 0.3) is 0 Å². The zero-order valence-electron chi connectivity index (χ0n) is 13.5. The third-order valence-corrected chi connectivity index (χ3v) is 5.71. The van der Waals surface area contributed by atoms with E-state index in [1.807, 2.05) is 28.9 Å². The summed E-state index contributed by atoms with van der Waals surface area (Å²) in [5, 5.41) is 8.47. The van der Waals surface area contributed by atoms with Gasteiger partial charge in [0.1, 0.15) is 0 Å². The van der Waals surface area contributed by atoms with Crippen LogP contribution in [0.5, 0.6) is 0 Å². The lowest BCUT2D eigenvalue weighted by Crippen LogP contribution is -1.99. The molecular weight excluding hydrogens is 350 g/mol. The van der Waals surface area contributed by atoms with Crippen LogP contribution in [-0.4, -0.2) is 14.8 Å². The highest BCUT2D eigenvalue weighted by molar-refractivity contribution is 7.12. The number of aryl methyl sites for hydroxylation is 1. The van der Waals surface area contributed by atoms with E-state index in [2.05, 4.69) is 36.6 Å². The summed E-state index contributed by atoms with van der Waals surface area (Å²) >= 11 is 7.59. The van der Waals surface area contributed by atoms with Crippen molar-refractivity contribution in [3.63, 3.8) is 0 Å². The van der Waals surface area contributed by atoms with Crippen molar-refractivity contribution >= 4 is 22.9 Å². The number of aromatic nitrogens is 3. The van der Waals surface area contributed by atoms with E-state index < -0.39 is 0 Å². The Hall–Kier alpha value is -2.43. The zero-order valence-corrected chi connectivity index (χ0v) is 15.1. The lowest BCUT2D eigenvalue weighted by Gasteiger charge is -2.04. The Morgan fingerprint density at radius 3 is 2.72 bits per heavy atom. The fourth-order valence-corrected chi connectivity index (χ4v) is 4.31. The molecule has 1 aliphatic rings. The Bertz CT molecular complexity index is 1090. The molecule has 0 aliphatic heterocycles. The lowest BCUT2D eigenvalue weighted by atomic mass is 10.1. The molecule has 2 aromatic heterocycles. The molecule has 2 heterocycles. The van der Waals surface area contributed by atoms with Crippen LogP contribution in [0.2, 0.25) is 5.02 Å². The molecule has 0 amide bonds. The predicted octanol–water partition coefficient (Wildman–Crippen LogP) is 5.53. The smallest absolute Gasteiger partial charge is 0.211 e. The summed E-state index contributed by atoms with van der Waals surface area (Å²) < 4.78 is 2.00. The summed E-state index contributed by atoms with van der Waals surface area (Å²) in [7, 11) is 0. The molecule has 3 nitrogen and oxygen atoms in total. The Labute approximate surface area is 154 Å². The summed E-state index contributed by atoms with van der Waals surface area (Å²) in [6, 6.07) is 16.3. The molecule has 0 N–H and O–H groups in total. The topological polar surface area (TPSA) is 30.7 Å². The maximum Gasteiger partial charge on any atom is 0.211 e. The van der Waals surface area contributed by atoms with Crippen LogP contribution >= 0.6 is 22.9 Å². The second-order valence-electron chi connectivity index (χ2n) is 6.18. The standard InChI is InChI=1S/C20H14ClN3S/c1-12-17-10-14-4-2-3-5-16(14)19(17)24(23-12)20-22-18(11-25-20)13-6-8-15(21)9-7-13/h2-9,11H,10H2,1H3. The van der Waals surface area contributed by atoms with Gasteiger partial charge in [-0.1, -0.05) is 48.0 Å². The molecular formula is C20H14ClN3S. The predicted molar refractivity (Wildman–Crippen MR) is 103 cm³/mol. The maximum absolute atomic E-state index is 5.98. The quantitative estimate of drug-likeness (QED) is 0.413. The molecule has 4 aromatic rings. The minimum absolute atomic E-state index is 0.733. The summed E-state index contributed by atoms with van der Waals surface area (Å²) in [6.45, 7) is 2.08. The number of rotatable bonds is 2. The Morgan fingerprint density at radius 2 is 1.88 bits per heavy atom. The van der Waals surface area contributed by atoms with E-state index in [9.17, 15) is 0 Å². The fraction of sp³-hybridized carbons (Fsp3) is 0.100. The first-order valence-corrected chi connectivity index (χ1v) is 9.35. The van der Waals surface area contributed by atoms with E-state index in [0.29, 0.717) is 0 Å². The van der Waals surface area contributed by atoms with Gasteiger partial charge in [0.05, 0.1) is 17.1 Å². The van der Waals surface area contributed by atoms with Crippen LogP contribution in [0.25, 0.3) is 27.6 Å². The van der Waals surface area contributed by atoms with Gasteiger partial charge >= 0.3 is 0 Å². The van der Waals surface area contributed by atoms with Gasteiger partial charge < -0.3 is 0 Å². The van der Waals surface area contributed by atoms with Crippen molar-refractivity contribution in [2.75, 3.05) is 0 Å². The number of nitrogens with zero attached hydrogens (tertiary/aromatic N) is 3. The third kappa shape index (κ3) is 2.33. The van der Waals surface area contributed by atoms with Crippen molar-refractivity contribution in [2.24, 2.45) is 0 Å². The van der Waals surface area contributed by atoms with Gasteiger partial charge in [0.15, 0.2) is 0 Å². The van der Waals surface area contributed by atoms with E-state index in [0.717, 1.165) is 33.5 Å². The first-order valence-electron chi connectivity index (χ1n) is 8.09. The first-order chi connectivity index (χ1) is 12.2. The van der Waals surface area contributed by atoms with Crippen LogP contribution in [0.3, 0.4) is 0 Å². The highest BCUT2D eigenvalue weighted by Crippen LogP contribution is 2.40. The van der Waals surface area contributed by atoms with Crippen molar-refractivity contribution in [2.45, 2.75) is 13.3 Å². The van der Waals surface area contributed by atoms with Crippen LogP contribution in [-0.2, 0) is 6.42 Å². The normalized spacial score (nSPS) is 12.2. The molecule has 0 fully saturated rings. The van der Waals surface area contributed by atoms with Crippen molar-refractivity contribution in [1.29, 1.82) is 0 Å². The van der Waals surface area contributed by atoms with Crippen LogP contribution in [0.15, 0.2) is 53.9 Å². The molecule has 0 saturated heterocycles. The molecule has 5 rings (SSSR count). The van der Waals surface area contributed by atoms with Gasteiger partial charge in [0, 0.05) is 33.5 Å². The van der Waals surface area contributed by atoms with Gasteiger partial charge in [-0.2, -0.15) is 5.10 Å². The second kappa shape index (κ2) is 5.55. The number of hydrogen-bond acceptors (Lipinski definition) is 3.